The van der Waals surface area contributed by atoms with Crippen LogP contribution >= 0.6 is 11.6 Å². The molecule has 0 atom stereocenters. The standard InChI is InChI=1S/C19H24ClN3O3/c1-25-16-6-5-14(11-17(16)26-2)19(7-3-4-8-19)18(24)21-9-10-23-13-15(20)12-22-23/h5-6,11-13H,3-4,7-10H2,1-2H3,(H,21,24). The van der Waals surface area contributed by atoms with E-state index in [1.54, 1.807) is 31.3 Å². The second kappa shape index (κ2) is 7.99. The Morgan fingerprint density at radius 2 is 2.00 bits per heavy atom. The largest absolute Gasteiger partial charge is 0.493 e. The molecule has 1 fully saturated rings. The molecule has 6 nitrogen and oxygen atoms in total. The molecule has 140 valence electrons. The first-order valence-corrected chi connectivity index (χ1v) is 9.15. The zero-order valence-electron chi connectivity index (χ0n) is 15.1. The fraction of sp³-hybridized carbons (Fsp3) is 0.474. The second-order valence-electron chi connectivity index (χ2n) is 6.54. The van der Waals surface area contributed by atoms with Gasteiger partial charge in [-0.2, -0.15) is 5.10 Å². The number of halogens is 1. The van der Waals surface area contributed by atoms with Crippen LogP contribution in [0.3, 0.4) is 0 Å². The molecule has 26 heavy (non-hydrogen) atoms. The lowest BCUT2D eigenvalue weighted by Crippen LogP contribution is -2.43. The van der Waals surface area contributed by atoms with Gasteiger partial charge in [-0.15, -0.1) is 0 Å². The quantitative estimate of drug-likeness (QED) is 0.804. The number of ether oxygens (including phenoxy) is 2. The summed E-state index contributed by atoms with van der Waals surface area (Å²) in [7, 11) is 3.22. The number of aromatic nitrogens is 2. The minimum absolute atomic E-state index is 0.0560. The van der Waals surface area contributed by atoms with Gasteiger partial charge in [0, 0.05) is 12.7 Å². The van der Waals surface area contributed by atoms with Crippen molar-refractivity contribution in [3.05, 3.63) is 41.2 Å². The highest BCUT2D eigenvalue weighted by molar-refractivity contribution is 6.30. The van der Waals surface area contributed by atoms with E-state index in [2.05, 4.69) is 10.4 Å². The zero-order valence-corrected chi connectivity index (χ0v) is 15.9. The Kier molecular flexibility index (Phi) is 5.71. The minimum Gasteiger partial charge on any atom is -0.493 e. The van der Waals surface area contributed by atoms with Gasteiger partial charge in [0.25, 0.3) is 0 Å². The molecule has 0 bridgehead atoms. The van der Waals surface area contributed by atoms with Gasteiger partial charge in [0.05, 0.1) is 37.4 Å². The molecule has 0 saturated heterocycles. The zero-order chi connectivity index (χ0) is 18.6. The van der Waals surface area contributed by atoms with E-state index in [0.29, 0.717) is 29.6 Å². The van der Waals surface area contributed by atoms with Crippen LogP contribution < -0.4 is 14.8 Å². The Balaban J connectivity index is 1.75. The van der Waals surface area contributed by atoms with Crippen LogP contribution in [0.2, 0.25) is 5.02 Å². The molecule has 1 aliphatic carbocycles. The number of nitrogens with zero attached hydrogens (tertiary/aromatic N) is 2. The first-order valence-electron chi connectivity index (χ1n) is 8.78. The summed E-state index contributed by atoms with van der Waals surface area (Å²) in [6.45, 7) is 1.09. The van der Waals surface area contributed by atoms with Crippen LogP contribution in [-0.2, 0) is 16.8 Å². The Bertz CT molecular complexity index is 769. The average Bonchev–Trinajstić information content (AvgIpc) is 3.31. The normalized spacial score (nSPS) is 15.7. The smallest absolute Gasteiger partial charge is 0.230 e. The van der Waals surface area contributed by atoms with Crippen LogP contribution in [0.4, 0.5) is 0 Å². The summed E-state index contributed by atoms with van der Waals surface area (Å²) >= 11 is 5.87. The first-order chi connectivity index (χ1) is 12.6. The maximum absolute atomic E-state index is 13.1. The molecule has 1 aromatic carbocycles. The second-order valence-corrected chi connectivity index (χ2v) is 6.97. The van der Waals surface area contributed by atoms with Crippen LogP contribution in [0, 0.1) is 0 Å². The Morgan fingerprint density at radius 1 is 1.27 bits per heavy atom. The lowest BCUT2D eigenvalue weighted by molar-refractivity contribution is -0.126. The fourth-order valence-electron chi connectivity index (χ4n) is 3.67. The minimum atomic E-state index is -0.513. The summed E-state index contributed by atoms with van der Waals surface area (Å²) in [6.07, 6.45) is 7.08. The molecule has 0 spiro atoms. The molecule has 0 radical (unpaired) electrons. The highest BCUT2D eigenvalue weighted by Crippen LogP contribution is 2.43. The van der Waals surface area contributed by atoms with Crippen molar-refractivity contribution in [2.45, 2.75) is 37.6 Å². The Hall–Kier alpha value is -2.21. The van der Waals surface area contributed by atoms with E-state index in [4.69, 9.17) is 21.1 Å². The number of methoxy groups -OCH3 is 2. The van der Waals surface area contributed by atoms with Crippen molar-refractivity contribution in [2.75, 3.05) is 20.8 Å². The fourth-order valence-corrected chi connectivity index (χ4v) is 3.83. The number of rotatable bonds is 7. The number of hydrogen-bond donors (Lipinski definition) is 1. The topological polar surface area (TPSA) is 65.4 Å². The summed E-state index contributed by atoms with van der Waals surface area (Å²) in [4.78, 5) is 13.1. The molecule has 1 amide bonds. The van der Waals surface area contributed by atoms with Crippen molar-refractivity contribution in [3.63, 3.8) is 0 Å². The van der Waals surface area contributed by atoms with Gasteiger partial charge in [0.1, 0.15) is 0 Å². The van der Waals surface area contributed by atoms with Crippen molar-refractivity contribution in [2.24, 2.45) is 0 Å². The van der Waals surface area contributed by atoms with Gasteiger partial charge < -0.3 is 14.8 Å². The van der Waals surface area contributed by atoms with Gasteiger partial charge in [-0.25, -0.2) is 0 Å². The molecular weight excluding hydrogens is 354 g/mol. The van der Waals surface area contributed by atoms with Crippen molar-refractivity contribution in [1.82, 2.24) is 15.1 Å². The Labute approximate surface area is 158 Å². The lowest BCUT2D eigenvalue weighted by atomic mass is 9.77. The average molecular weight is 378 g/mol. The number of carbonyl (C=O) groups is 1. The lowest BCUT2D eigenvalue weighted by Gasteiger charge is -2.29. The first kappa shape index (κ1) is 18.6. The molecule has 1 heterocycles. The maximum Gasteiger partial charge on any atom is 0.230 e. The molecule has 7 heteroatoms. The molecule has 2 aromatic rings. The van der Waals surface area contributed by atoms with Gasteiger partial charge in [0.2, 0.25) is 5.91 Å². The highest BCUT2D eigenvalue weighted by atomic mass is 35.5. The number of carbonyl (C=O) groups excluding carboxylic acids is 1. The molecule has 1 N–H and O–H groups in total. The van der Waals surface area contributed by atoms with Gasteiger partial charge in [-0.05, 0) is 30.5 Å². The van der Waals surface area contributed by atoms with Crippen molar-refractivity contribution in [3.8, 4) is 11.5 Å². The molecule has 1 aromatic heterocycles. The van der Waals surface area contributed by atoms with Crippen LogP contribution in [0.25, 0.3) is 0 Å². The third-order valence-electron chi connectivity index (χ3n) is 5.06. The van der Waals surface area contributed by atoms with Gasteiger partial charge in [-0.1, -0.05) is 30.5 Å². The van der Waals surface area contributed by atoms with Crippen LogP contribution in [-0.4, -0.2) is 36.5 Å². The summed E-state index contributed by atoms with van der Waals surface area (Å²) in [5.74, 6) is 1.37. The van der Waals surface area contributed by atoms with Crippen molar-refractivity contribution >= 4 is 17.5 Å². The van der Waals surface area contributed by atoms with Crippen LogP contribution in [0.15, 0.2) is 30.6 Å². The third-order valence-corrected chi connectivity index (χ3v) is 5.25. The van der Waals surface area contributed by atoms with Gasteiger partial charge >= 0.3 is 0 Å². The number of nitrogens with one attached hydrogen (secondary N) is 1. The molecular formula is C19H24ClN3O3. The van der Waals surface area contributed by atoms with E-state index in [9.17, 15) is 4.79 Å². The summed E-state index contributed by atoms with van der Waals surface area (Å²) < 4.78 is 12.5. The SMILES string of the molecule is COc1ccc(C2(C(=O)NCCn3cc(Cl)cn3)CCCC2)cc1OC. The summed E-state index contributed by atoms with van der Waals surface area (Å²) in [5.41, 5.74) is 0.466. The highest BCUT2D eigenvalue weighted by Gasteiger charge is 2.42. The van der Waals surface area contributed by atoms with Crippen LogP contribution in [0.1, 0.15) is 31.2 Å². The predicted molar refractivity (Wildman–Crippen MR) is 99.9 cm³/mol. The van der Waals surface area contributed by atoms with E-state index >= 15 is 0 Å². The van der Waals surface area contributed by atoms with E-state index in [1.165, 1.54) is 0 Å². The van der Waals surface area contributed by atoms with Crippen molar-refractivity contribution < 1.29 is 14.3 Å². The number of benzene rings is 1. The third kappa shape index (κ3) is 3.65. The summed E-state index contributed by atoms with van der Waals surface area (Å²) in [5, 5.41) is 7.79. The van der Waals surface area contributed by atoms with E-state index < -0.39 is 5.41 Å². The molecule has 1 aliphatic rings. The van der Waals surface area contributed by atoms with E-state index in [0.717, 1.165) is 31.2 Å². The molecule has 0 aliphatic heterocycles. The monoisotopic (exact) mass is 377 g/mol. The van der Waals surface area contributed by atoms with E-state index in [1.807, 2.05) is 18.2 Å². The molecule has 1 saturated carbocycles. The van der Waals surface area contributed by atoms with Crippen molar-refractivity contribution in [1.29, 1.82) is 0 Å². The predicted octanol–water partition coefficient (Wildman–Crippen LogP) is 3.18. The van der Waals surface area contributed by atoms with Crippen LogP contribution in [0.5, 0.6) is 11.5 Å². The number of hydrogen-bond acceptors (Lipinski definition) is 4. The van der Waals surface area contributed by atoms with Gasteiger partial charge in [0.15, 0.2) is 11.5 Å². The number of amides is 1. The Morgan fingerprint density at radius 3 is 2.62 bits per heavy atom. The molecule has 3 rings (SSSR count). The van der Waals surface area contributed by atoms with Gasteiger partial charge in [-0.3, -0.25) is 9.48 Å². The van der Waals surface area contributed by atoms with E-state index in [-0.39, 0.29) is 5.91 Å². The maximum atomic E-state index is 13.1. The summed E-state index contributed by atoms with van der Waals surface area (Å²) in [6, 6.07) is 5.77. The molecule has 0 unspecified atom stereocenters.